The first-order chi connectivity index (χ1) is 11.6. The fraction of sp³-hybridized carbons (Fsp3) is 0.188. The second kappa shape index (κ2) is 6.98. The lowest BCUT2D eigenvalue weighted by atomic mass is 10.0. The van der Waals surface area contributed by atoms with Crippen molar-refractivity contribution in [2.24, 2.45) is 0 Å². The molecule has 2 aromatic carbocycles. The molecular formula is C16H14BrN3O5. The van der Waals surface area contributed by atoms with Crippen molar-refractivity contribution in [2.75, 3.05) is 11.9 Å². The number of aryl methyl sites for hydroxylation is 1. The molecule has 0 bridgehead atoms. The fourth-order valence-electron chi connectivity index (χ4n) is 2.34. The molecule has 9 heteroatoms. The molecule has 2 rings (SSSR count). The van der Waals surface area contributed by atoms with Gasteiger partial charge in [-0.3, -0.25) is 25.0 Å². The van der Waals surface area contributed by atoms with Crippen LogP contribution in [0.4, 0.5) is 17.1 Å². The maximum atomic E-state index is 12.8. The van der Waals surface area contributed by atoms with Crippen molar-refractivity contribution >= 4 is 38.9 Å². The monoisotopic (exact) mass is 407 g/mol. The first-order valence-corrected chi connectivity index (χ1v) is 7.90. The van der Waals surface area contributed by atoms with E-state index in [1.54, 1.807) is 18.2 Å². The quantitative estimate of drug-likeness (QED) is 0.558. The molecule has 0 radical (unpaired) electrons. The van der Waals surface area contributed by atoms with Gasteiger partial charge in [0.25, 0.3) is 17.3 Å². The van der Waals surface area contributed by atoms with Gasteiger partial charge >= 0.3 is 0 Å². The van der Waals surface area contributed by atoms with Crippen molar-refractivity contribution in [3.8, 4) is 0 Å². The Morgan fingerprint density at radius 1 is 1.08 bits per heavy atom. The Labute approximate surface area is 151 Å². The zero-order valence-electron chi connectivity index (χ0n) is 13.6. The number of anilines is 1. The highest BCUT2D eigenvalue weighted by molar-refractivity contribution is 9.10. The lowest BCUT2D eigenvalue weighted by molar-refractivity contribution is -0.394. The van der Waals surface area contributed by atoms with E-state index in [0.29, 0.717) is 5.69 Å². The summed E-state index contributed by atoms with van der Waals surface area (Å²) in [4.78, 5) is 34.8. The first-order valence-electron chi connectivity index (χ1n) is 7.11. The predicted molar refractivity (Wildman–Crippen MR) is 96.1 cm³/mol. The molecule has 130 valence electrons. The van der Waals surface area contributed by atoms with Gasteiger partial charge in [0.05, 0.1) is 21.5 Å². The normalized spacial score (nSPS) is 10.4. The van der Waals surface area contributed by atoms with E-state index in [1.807, 2.05) is 6.92 Å². The third-order valence-corrected chi connectivity index (χ3v) is 4.73. The lowest BCUT2D eigenvalue weighted by Gasteiger charge is -2.19. The van der Waals surface area contributed by atoms with Gasteiger partial charge < -0.3 is 4.90 Å². The Balaban J connectivity index is 2.55. The van der Waals surface area contributed by atoms with E-state index in [4.69, 9.17) is 0 Å². The fourth-order valence-corrected chi connectivity index (χ4v) is 2.58. The molecule has 0 saturated heterocycles. The number of carbonyl (C=O) groups is 1. The topological polar surface area (TPSA) is 107 Å². The van der Waals surface area contributed by atoms with E-state index in [1.165, 1.54) is 18.9 Å². The molecule has 0 aromatic heterocycles. The number of rotatable bonds is 4. The van der Waals surface area contributed by atoms with E-state index in [0.717, 1.165) is 22.2 Å². The van der Waals surface area contributed by atoms with Crippen LogP contribution in [0.1, 0.15) is 21.5 Å². The predicted octanol–water partition coefficient (Wildman–Crippen LogP) is 4.16. The number of nitro benzene ring substituents is 2. The number of nitro groups is 2. The highest BCUT2D eigenvalue weighted by Crippen LogP contribution is 2.30. The van der Waals surface area contributed by atoms with Crippen LogP contribution < -0.4 is 4.90 Å². The highest BCUT2D eigenvalue weighted by atomic mass is 79.9. The van der Waals surface area contributed by atoms with Crippen molar-refractivity contribution < 1.29 is 14.6 Å². The van der Waals surface area contributed by atoms with Gasteiger partial charge in [-0.05, 0) is 37.6 Å². The highest BCUT2D eigenvalue weighted by Gasteiger charge is 2.26. The van der Waals surface area contributed by atoms with Gasteiger partial charge in [0.2, 0.25) is 0 Å². The number of hydrogen-bond acceptors (Lipinski definition) is 5. The molecule has 0 atom stereocenters. The minimum atomic E-state index is -0.757. The summed E-state index contributed by atoms with van der Waals surface area (Å²) < 4.78 is 0.874. The Morgan fingerprint density at radius 3 is 2.24 bits per heavy atom. The van der Waals surface area contributed by atoms with E-state index in [9.17, 15) is 25.0 Å². The molecule has 0 aliphatic heterocycles. The number of nitrogens with zero attached hydrogens (tertiary/aromatic N) is 3. The summed E-state index contributed by atoms with van der Waals surface area (Å²) >= 11 is 3.37. The standard InChI is InChI=1S/C16H14BrN3O5/c1-9-6-11(4-5-14(9)17)18(3)16(21)13-7-12(19(22)23)8-15(10(13)2)20(24)25/h4-8H,1-3H3. The van der Waals surface area contributed by atoms with Crippen LogP contribution in [0, 0.1) is 34.1 Å². The van der Waals surface area contributed by atoms with Crippen molar-refractivity contribution in [3.63, 3.8) is 0 Å². The van der Waals surface area contributed by atoms with Crippen LogP contribution in [-0.2, 0) is 0 Å². The van der Waals surface area contributed by atoms with Gasteiger partial charge in [-0.15, -0.1) is 0 Å². The van der Waals surface area contributed by atoms with Gasteiger partial charge in [-0.25, -0.2) is 0 Å². The number of benzene rings is 2. The zero-order chi connectivity index (χ0) is 18.9. The summed E-state index contributed by atoms with van der Waals surface area (Å²) in [6.45, 7) is 3.26. The first kappa shape index (κ1) is 18.5. The Bertz CT molecular complexity index is 898. The summed E-state index contributed by atoms with van der Waals surface area (Å²) in [5, 5.41) is 22.2. The summed E-state index contributed by atoms with van der Waals surface area (Å²) in [5.74, 6) is -0.564. The summed E-state index contributed by atoms with van der Waals surface area (Å²) in [6, 6.07) is 7.17. The molecule has 25 heavy (non-hydrogen) atoms. The molecule has 0 aliphatic rings. The maximum absolute atomic E-state index is 12.8. The molecule has 0 saturated carbocycles. The number of hydrogen-bond donors (Lipinski definition) is 0. The van der Waals surface area contributed by atoms with Crippen LogP contribution in [0.5, 0.6) is 0 Å². The molecule has 0 aliphatic carbocycles. The van der Waals surface area contributed by atoms with Crippen LogP contribution in [0.25, 0.3) is 0 Å². The number of non-ortho nitro benzene ring substituents is 1. The lowest BCUT2D eigenvalue weighted by Crippen LogP contribution is -2.27. The smallest absolute Gasteiger partial charge is 0.279 e. The molecule has 8 nitrogen and oxygen atoms in total. The summed E-state index contributed by atoms with van der Waals surface area (Å²) in [5.41, 5.74) is 0.516. The average molecular weight is 408 g/mol. The minimum absolute atomic E-state index is 0.0797. The molecule has 1 amide bonds. The number of carbonyl (C=O) groups excluding carboxylic acids is 1. The molecule has 2 aromatic rings. The molecule has 0 spiro atoms. The van der Waals surface area contributed by atoms with Gasteiger partial charge in [-0.1, -0.05) is 15.9 Å². The maximum Gasteiger partial charge on any atom is 0.279 e. The van der Waals surface area contributed by atoms with E-state index in [-0.39, 0.29) is 11.1 Å². The second-order valence-corrected chi connectivity index (χ2v) is 6.30. The van der Waals surface area contributed by atoms with Crippen LogP contribution in [-0.4, -0.2) is 22.8 Å². The van der Waals surface area contributed by atoms with E-state index >= 15 is 0 Å². The van der Waals surface area contributed by atoms with Gasteiger partial charge in [-0.2, -0.15) is 0 Å². The molecule has 0 unspecified atom stereocenters. The number of amides is 1. The van der Waals surface area contributed by atoms with Crippen LogP contribution in [0.3, 0.4) is 0 Å². The van der Waals surface area contributed by atoms with Gasteiger partial charge in [0, 0.05) is 28.8 Å². The third-order valence-electron chi connectivity index (χ3n) is 3.84. The Morgan fingerprint density at radius 2 is 1.72 bits per heavy atom. The van der Waals surface area contributed by atoms with Crippen molar-refractivity contribution in [3.05, 3.63) is 71.7 Å². The largest absolute Gasteiger partial charge is 0.311 e. The van der Waals surface area contributed by atoms with Crippen LogP contribution >= 0.6 is 15.9 Å². The molecule has 0 N–H and O–H groups in total. The van der Waals surface area contributed by atoms with Crippen molar-refractivity contribution in [1.29, 1.82) is 0 Å². The van der Waals surface area contributed by atoms with Crippen molar-refractivity contribution in [1.82, 2.24) is 0 Å². The molecule has 0 fully saturated rings. The van der Waals surface area contributed by atoms with E-state index < -0.39 is 27.1 Å². The van der Waals surface area contributed by atoms with Crippen LogP contribution in [0.15, 0.2) is 34.8 Å². The summed E-state index contributed by atoms with van der Waals surface area (Å²) in [7, 11) is 1.51. The SMILES string of the molecule is Cc1cc(N(C)C(=O)c2cc([N+](=O)[O-])cc([N+](=O)[O-])c2C)ccc1Br. The molecule has 0 heterocycles. The number of halogens is 1. The second-order valence-electron chi connectivity index (χ2n) is 5.45. The Hall–Kier alpha value is -2.81. The average Bonchev–Trinajstić information content (AvgIpc) is 2.55. The van der Waals surface area contributed by atoms with Crippen LogP contribution in [0.2, 0.25) is 0 Å². The zero-order valence-corrected chi connectivity index (χ0v) is 15.2. The Kier molecular flexibility index (Phi) is 5.17. The van der Waals surface area contributed by atoms with E-state index in [2.05, 4.69) is 15.9 Å². The summed E-state index contributed by atoms with van der Waals surface area (Å²) in [6.07, 6.45) is 0. The van der Waals surface area contributed by atoms with Gasteiger partial charge in [0.15, 0.2) is 0 Å². The molecular weight excluding hydrogens is 394 g/mol. The minimum Gasteiger partial charge on any atom is -0.311 e. The third kappa shape index (κ3) is 3.66. The van der Waals surface area contributed by atoms with Crippen molar-refractivity contribution in [2.45, 2.75) is 13.8 Å². The van der Waals surface area contributed by atoms with Gasteiger partial charge in [0.1, 0.15) is 0 Å².